The normalized spacial score (nSPS) is 41.5. The summed E-state index contributed by atoms with van der Waals surface area (Å²) in [5.41, 5.74) is 5.81. The minimum atomic E-state index is -0.279. The molecule has 0 radical (unpaired) electrons. The molecule has 0 saturated carbocycles. The summed E-state index contributed by atoms with van der Waals surface area (Å²) in [5.74, 6) is 0. The lowest BCUT2D eigenvalue weighted by atomic mass is 9.81. The van der Waals surface area contributed by atoms with Crippen LogP contribution in [-0.2, 0) is 0 Å². The molecule has 0 aromatic rings. The molecule has 2 unspecified atom stereocenters. The van der Waals surface area contributed by atoms with Crippen LogP contribution in [0.3, 0.4) is 0 Å². The van der Waals surface area contributed by atoms with E-state index in [0.29, 0.717) is 6.04 Å². The summed E-state index contributed by atoms with van der Waals surface area (Å²) in [5, 5.41) is 9.20. The van der Waals surface area contributed by atoms with E-state index < -0.39 is 0 Å². The topological polar surface area (TPSA) is 49.5 Å². The lowest BCUT2D eigenvalue weighted by molar-refractivity contribution is 0.0399. The van der Waals surface area contributed by atoms with Crippen LogP contribution in [0.4, 0.5) is 0 Å². The summed E-state index contributed by atoms with van der Waals surface area (Å²) < 4.78 is 0. The largest absolute Gasteiger partial charge is 0.394 e. The van der Waals surface area contributed by atoms with Crippen LogP contribution >= 0.6 is 0 Å². The second-order valence-corrected chi connectivity index (χ2v) is 4.66. The number of piperidine rings is 2. The Labute approximate surface area is 79.9 Å². The zero-order chi connectivity index (χ0) is 9.31. The van der Waals surface area contributed by atoms with E-state index in [9.17, 15) is 5.11 Å². The van der Waals surface area contributed by atoms with Gasteiger partial charge in [-0.2, -0.15) is 0 Å². The van der Waals surface area contributed by atoms with Gasteiger partial charge in [0.1, 0.15) is 0 Å². The maximum Gasteiger partial charge on any atom is 0.0612 e. The summed E-state index contributed by atoms with van der Waals surface area (Å²) in [4.78, 5) is 2.55. The third kappa shape index (κ3) is 1.87. The first-order valence-corrected chi connectivity index (χ1v) is 5.37. The van der Waals surface area contributed by atoms with Crippen LogP contribution in [0.1, 0.15) is 32.1 Å². The predicted octanol–water partition coefficient (Wildman–Crippen LogP) is 0.324. The van der Waals surface area contributed by atoms with Gasteiger partial charge in [-0.3, -0.25) is 0 Å². The Morgan fingerprint density at radius 3 is 3.00 bits per heavy atom. The Morgan fingerprint density at radius 2 is 2.23 bits per heavy atom. The fourth-order valence-electron chi connectivity index (χ4n) is 2.67. The maximum absolute atomic E-state index is 9.20. The van der Waals surface area contributed by atoms with Crippen LogP contribution in [-0.4, -0.2) is 41.3 Å². The standard InChI is InChI=1S/C10H20N2O/c11-10(8-13)4-6-12-5-2-1-3-9(12)7-10/h9,13H,1-8,11H2. The molecule has 2 aliphatic heterocycles. The number of aliphatic hydroxyl groups is 1. The molecule has 13 heavy (non-hydrogen) atoms. The number of hydrogen-bond acceptors (Lipinski definition) is 3. The van der Waals surface area contributed by atoms with Crippen molar-refractivity contribution in [1.29, 1.82) is 0 Å². The van der Waals surface area contributed by atoms with Gasteiger partial charge < -0.3 is 15.7 Å². The number of aliphatic hydroxyl groups excluding tert-OH is 1. The lowest BCUT2D eigenvalue weighted by Crippen LogP contribution is -2.58. The lowest BCUT2D eigenvalue weighted by Gasteiger charge is -2.46. The molecule has 2 fully saturated rings. The Hall–Kier alpha value is -0.120. The van der Waals surface area contributed by atoms with Crippen LogP contribution in [0.2, 0.25) is 0 Å². The van der Waals surface area contributed by atoms with E-state index in [1.807, 2.05) is 0 Å². The van der Waals surface area contributed by atoms with Crippen molar-refractivity contribution in [3.8, 4) is 0 Å². The van der Waals surface area contributed by atoms with Gasteiger partial charge in [0.2, 0.25) is 0 Å². The van der Waals surface area contributed by atoms with Crippen molar-refractivity contribution >= 4 is 0 Å². The van der Waals surface area contributed by atoms with E-state index in [0.717, 1.165) is 19.4 Å². The zero-order valence-electron chi connectivity index (χ0n) is 8.21. The minimum Gasteiger partial charge on any atom is -0.394 e. The van der Waals surface area contributed by atoms with Crippen molar-refractivity contribution in [2.24, 2.45) is 5.73 Å². The summed E-state index contributed by atoms with van der Waals surface area (Å²) in [6.07, 6.45) is 5.90. The molecule has 2 rings (SSSR count). The number of rotatable bonds is 1. The van der Waals surface area contributed by atoms with E-state index in [2.05, 4.69) is 4.90 Å². The molecule has 0 aliphatic carbocycles. The van der Waals surface area contributed by atoms with Crippen LogP contribution in [0.5, 0.6) is 0 Å². The highest BCUT2D eigenvalue weighted by molar-refractivity contribution is 4.96. The molecule has 2 atom stereocenters. The Morgan fingerprint density at radius 1 is 1.38 bits per heavy atom. The predicted molar refractivity (Wildman–Crippen MR) is 52.5 cm³/mol. The Bertz CT molecular complexity index is 186. The molecule has 0 aromatic heterocycles. The summed E-state index contributed by atoms with van der Waals surface area (Å²) in [6.45, 7) is 2.48. The Kier molecular flexibility index (Phi) is 2.58. The first-order valence-electron chi connectivity index (χ1n) is 5.37. The van der Waals surface area contributed by atoms with Gasteiger partial charge in [0, 0.05) is 18.1 Å². The second kappa shape index (κ2) is 3.56. The van der Waals surface area contributed by atoms with Crippen molar-refractivity contribution in [1.82, 2.24) is 4.90 Å². The van der Waals surface area contributed by atoms with Crippen molar-refractivity contribution < 1.29 is 5.11 Å². The fraction of sp³-hybridized carbons (Fsp3) is 1.00. The average Bonchev–Trinajstić information content (AvgIpc) is 2.18. The van der Waals surface area contributed by atoms with E-state index >= 15 is 0 Å². The van der Waals surface area contributed by atoms with Crippen LogP contribution < -0.4 is 5.73 Å². The molecular weight excluding hydrogens is 164 g/mol. The maximum atomic E-state index is 9.20. The third-order valence-corrected chi connectivity index (χ3v) is 3.60. The van der Waals surface area contributed by atoms with Crippen LogP contribution in [0.15, 0.2) is 0 Å². The average molecular weight is 184 g/mol. The molecule has 3 nitrogen and oxygen atoms in total. The highest BCUT2D eigenvalue weighted by Crippen LogP contribution is 2.30. The molecule has 2 saturated heterocycles. The van der Waals surface area contributed by atoms with Crippen molar-refractivity contribution in [2.75, 3.05) is 19.7 Å². The van der Waals surface area contributed by atoms with Gasteiger partial charge in [-0.25, -0.2) is 0 Å². The minimum absolute atomic E-state index is 0.150. The molecule has 3 N–H and O–H groups in total. The molecule has 2 aliphatic rings. The summed E-state index contributed by atoms with van der Waals surface area (Å²) in [6, 6.07) is 0.652. The molecule has 2 heterocycles. The molecule has 76 valence electrons. The van der Waals surface area contributed by atoms with Crippen molar-refractivity contribution in [3.63, 3.8) is 0 Å². The van der Waals surface area contributed by atoms with Gasteiger partial charge in [0.15, 0.2) is 0 Å². The van der Waals surface area contributed by atoms with Gasteiger partial charge in [-0.1, -0.05) is 6.42 Å². The van der Waals surface area contributed by atoms with Crippen molar-refractivity contribution in [3.05, 3.63) is 0 Å². The molecular formula is C10H20N2O. The zero-order valence-corrected chi connectivity index (χ0v) is 8.21. The second-order valence-electron chi connectivity index (χ2n) is 4.66. The van der Waals surface area contributed by atoms with Gasteiger partial charge >= 0.3 is 0 Å². The monoisotopic (exact) mass is 184 g/mol. The van der Waals surface area contributed by atoms with E-state index in [1.54, 1.807) is 0 Å². The first-order chi connectivity index (χ1) is 6.23. The van der Waals surface area contributed by atoms with E-state index in [1.165, 1.54) is 25.8 Å². The Balaban J connectivity index is 1.98. The number of nitrogens with zero attached hydrogens (tertiary/aromatic N) is 1. The van der Waals surface area contributed by atoms with Crippen LogP contribution in [0.25, 0.3) is 0 Å². The molecule has 0 aromatic carbocycles. The highest BCUT2D eigenvalue weighted by Gasteiger charge is 2.37. The third-order valence-electron chi connectivity index (χ3n) is 3.60. The number of nitrogens with two attached hydrogens (primary N) is 1. The van der Waals surface area contributed by atoms with Gasteiger partial charge in [-0.15, -0.1) is 0 Å². The molecule has 0 spiro atoms. The quantitative estimate of drug-likeness (QED) is 0.617. The SMILES string of the molecule is NC1(CO)CCN2CCCCC2C1. The highest BCUT2D eigenvalue weighted by atomic mass is 16.3. The van der Waals surface area contributed by atoms with Crippen LogP contribution in [0, 0.1) is 0 Å². The van der Waals surface area contributed by atoms with Gasteiger partial charge in [-0.05, 0) is 32.2 Å². The summed E-state index contributed by atoms with van der Waals surface area (Å²) >= 11 is 0. The molecule has 3 heteroatoms. The van der Waals surface area contributed by atoms with Crippen molar-refractivity contribution in [2.45, 2.75) is 43.7 Å². The first kappa shape index (κ1) is 9.44. The molecule has 0 amide bonds. The fourth-order valence-corrected chi connectivity index (χ4v) is 2.67. The summed E-state index contributed by atoms with van der Waals surface area (Å²) in [7, 11) is 0. The van der Waals surface area contributed by atoms with Gasteiger partial charge in [0.25, 0.3) is 0 Å². The van der Waals surface area contributed by atoms with Gasteiger partial charge in [0.05, 0.1) is 6.61 Å². The smallest absolute Gasteiger partial charge is 0.0612 e. The van der Waals surface area contributed by atoms with E-state index in [-0.39, 0.29) is 12.1 Å². The van der Waals surface area contributed by atoms with E-state index in [4.69, 9.17) is 5.73 Å². The molecule has 0 bridgehead atoms. The number of hydrogen-bond donors (Lipinski definition) is 2. The number of fused-ring (bicyclic) bond motifs is 1.